The first kappa shape index (κ1) is 10.0. The van der Waals surface area contributed by atoms with Gasteiger partial charge in [0, 0.05) is 29.3 Å². The molecule has 1 aromatic carbocycles. The second-order valence-electron chi connectivity index (χ2n) is 4.35. The van der Waals surface area contributed by atoms with Crippen molar-refractivity contribution < 1.29 is 9.90 Å². The van der Waals surface area contributed by atoms with Crippen LogP contribution in [0.5, 0.6) is 0 Å². The third-order valence-electron chi connectivity index (χ3n) is 3.33. The van der Waals surface area contributed by atoms with Crippen molar-refractivity contribution in [3.8, 4) is 0 Å². The summed E-state index contributed by atoms with van der Waals surface area (Å²) in [6, 6.07) is 7.89. The number of fused-ring (bicyclic) bond motifs is 2. The van der Waals surface area contributed by atoms with Crippen molar-refractivity contribution >= 4 is 23.4 Å². The van der Waals surface area contributed by atoms with Gasteiger partial charge in [-0.3, -0.25) is 0 Å². The number of hydrogen-bond donors (Lipinski definition) is 1. The predicted molar refractivity (Wildman–Crippen MR) is 65.4 cm³/mol. The summed E-state index contributed by atoms with van der Waals surface area (Å²) in [5.41, 5.74) is 1.45. The van der Waals surface area contributed by atoms with Crippen molar-refractivity contribution in [2.45, 2.75) is 17.7 Å². The van der Waals surface area contributed by atoms with Crippen molar-refractivity contribution in [1.29, 1.82) is 0 Å². The van der Waals surface area contributed by atoms with Crippen LogP contribution in [0.2, 0.25) is 0 Å². The molecule has 3 rings (SSSR count). The minimum atomic E-state index is -0.847. The van der Waals surface area contributed by atoms with Crippen LogP contribution in [0.25, 0.3) is 0 Å². The fourth-order valence-electron chi connectivity index (χ4n) is 2.53. The van der Waals surface area contributed by atoms with Crippen molar-refractivity contribution in [2.24, 2.45) is 0 Å². The van der Waals surface area contributed by atoms with Crippen LogP contribution in [0.15, 0.2) is 24.3 Å². The van der Waals surface area contributed by atoms with Gasteiger partial charge < -0.3 is 10.0 Å². The lowest BCUT2D eigenvalue weighted by Crippen LogP contribution is -2.33. The van der Waals surface area contributed by atoms with Crippen molar-refractivity contribution in [1.82, 2.24) is 0 Å². The Hall–Kier alpha value is -1.16. The minimum absolute atomic E-state index is 0.382. The Morgan fingerprint density at radius 3 is 3.00 bits per heavy atom. The van der Waals surface area contributed by atoms with Gasteiger partial charge in [-0.05, 0) is 24.6 Å². The molecular weight excluding hydrogens is 222 g/mol. The number of benzene rings is 1. The molecule has 2 aliphatic heterocycles. The molecular formula is C12H13NO2S. The summed E-state index contributed by atoms with van der Waals surface area (Å²) < 4.78 is 0. The van der Waals surface area contributed by atoms with E-state index in [1.54, 1.807) is 12.1 Å². The second-order valence-corrected chi connectivity index (χ2v) is 5.69. The fourth-order valence-corrected chi connectivity index (χ4v) is 3.97. The van der Waals surface area contributed by atoms with Gasteiger partial charge in [0.05, 0.1) is 5.56 Å². The second kappa shape index (κ2) is 3.70. The highest BCUT2D eigenvalue weighted by Crippen LogP contribution is 2.40. The van der Waals surface area contributed by atoms with Gasteiger partial charge in [-0.1, -0.05) is 6.07 Å². The Bertz CT molecular complexity index is 435. The lowest BCUT2D eigenvalue weighted by molar-refractivity contribution is 0.0697. The maximum absolute atomic E-state index is 10.9. The zero-order valence-corrected chi connectivity index (χ0v) is 9.61. The number of carboxylic acids is 1. The van der Waals surface area contributed by atoms with E-state index in [-0.39, 0.29) is 0 Å². The predicted octanol–water partition coefficient (Wildman–Crippen LogP) is 2.08. The molecule has 0 amide bonds. The van der Waals surface area contributed by atoms with E-state index in [4.69, 9.17) is 5.11 Å². The Morgan fingerprint density at radius 1 is 1.50 bits per heavy atom. The normalized spacial score (nSPS) is 27.4. The van der Waals surface area contributed by atoms with Gasteiger partial charge in [-0.25, -0.2) is 4.79 Å². The lowest BCUT2D eigenvalue weighted by atomic mass is 10.1. The molecule has 2 heterocycles. The van der Waals surface area contributed by atoms with Crippen molar-refractivity contribution in [2.75, 3.05) is 17.2 Å². The van der Waals surface area contributed by atoms with E-state index in [1.807, 2.05) is 23.9 Å². The van der Waals surface area contributed by atoms with E-state index in [0.29, 0.717) is 11.6 Å². The maximum atomic E-state index is 10.9. The average molecular weight is 235 g/mol. The van der Waals surface area contributed by atoms with E-state index >= 15 is 0 Å². The van der Waals surface area contributed by atoms with Gasteiger partial charge in [-0.15, -0.1) is 0 Å². The highest BCUT2D eigenvalue weighted by Gasteiger charge is 2.38. The summed E-state index contributed by atoms with van der Waals surface area (Å²) >= 11 is 2.04. The van der Waals surface area contributed by atoms with Crippen LogP contribution in [0, 0.1) is 0 Å². The summed E-state index contributed by atoms with van der Waals surface area (Å²) in [5, 5.41) is 9.71. The van der Waals surface area contributed by atoms with Gasteiger partial charge in [0.25, 0.3) is 0 Å². The number of aromatic carboxylic acids is 1. The molecule has 0 spiro atoms. The Labute approximate surface area is 98.4 Å². The molecule has 4 heteroatoms. The lowest BCUT2D eigenvalue weighted by Gasteiger charge is -2.28. The number of anilines is 1. The molecule has 2 saturated heterocycles. The van der Waals surface area contributed by atoms with E-state index in [0.717, 1.165) is 17.5 Å². The summed E-state index contributed by atoms with van der Waals surface area (Å²) in [5.74, 6) is 0.336. The topological polar surface area (TPSA) is 40.5 Å². The molecule has 0 aromatic heterocycles. The molecule has 16 heavy (non-hydrogen) atoms. The van der Waals surface area contributed by atoms with E-state index in [2.05, 4.69) is 4.90 Å². The van der Waals surface area contributed by atoms with Crippen LogP contribution in [0.4, 0.5) is 5.69 Å². The van der Waals surface area contributed by atoms with Gasteiger partial charge in [0.15, 0.2) is 0 Å². The first-order valence-corrected chi connectivity index (χ1v) is 6.50. The minimum Gasteiger partial charge on any atom is -0.478 e. The first-order valence-electron chi connectivity index (χ1n) is 5.45. The summed E-state index contributed by atoms with van der Waals surface area (Å²) in [6.07, 6.45) is 1.25. The number of carboxylic acid groups (broad SMARTS) is 1. The van der Waals surface area contributed by atoms with Gasteiger partial charge in [0.2, 0.25) is 0 Å². The molecule has 2 aliphatic rings. The number of rotatable bonds is 2. The number of thioether (sulfide) groups is 1. The maximum Gasteiger partial charge on any atom is 0.335 e. The number of nitrogens with zero attached hydrogens (tertiary/aromatic N) is 1. The van der Waals surface area contributed by atoms with Crippen LogP contribution in [-0.4, -0.2) is 34.7 Å². The largest absolute Gasteiger partial charge is 0.478 e. The zero-order chi connectivity index (χ0) is 11.1. The molecule has 2 fully saturated rings. The average Bonchev–Trinajstić information content (AvgIpc) is 2.91. The molecule has 3 nitrogen and oxygen atoms in total. The van der Waals surface area contributed by atoms with E-state index in [9.17, 15) is 4.79 Å². The van der Waals surface area contributed by atoms with Crippen molar-refractivity contribution in [3.63, 3.8) is 0 Å². The number of hydrogen-bond acceptors (Lipinski definition) is 3. The van der Waals surface area contributed by atoms with Crippen molar-refractivity contribution in [3.05, 3.63) is 29.8 Å². The molecule has 2 unspecified atom stereocenters. The van der Waals surface area contributed by atoms with Crippen LogP contribution in [0.3, 0.4) is 0 Å². The Morgan fingerprint density at radius 2 is 2.38 bits per heavy atom. The zero-order valence-electron chi connectivity index (χ0n) is 8.80. The molecule has 0 aliphatic carbocycles. The van der Waals surface area contributed by atoms with Gasteiger partial charge in [0.1, 0.15) is 0 Å². The molecule has 0 saturated carbocycles. The molecule has 0 radical (unpaired) electrons. The smallest absolute Gasteiger partial charge is 0.335 e. The molecule has 2 bridgehead atoms. The summed E-state index contributed by atoms with van der Waals surface area (Å²) in [7, 11) is 0. The molecule has 1 N–H and O–H groups in total. The Balaban J connectivity index is 1.89. The quantitative estimate of drug-likeness (QED) is 0.852. The Kier molecular flexibility index (Phi) is 2.32. The van der Waals surface area contributed by atoms with Crippen LogP contribution < -0.4 is 4.90 Å². The fraction of sp³-hybridized carbons (Fsp3) is 0.417. The molecule has 1 aromatic rings. The van der Waals surface area contributed by atoms with Gasteiger partial charge >= 0.3 is 5.97 Å². The summed E-state index contributed by atoms with van der Waals surface area (Å²) in [4.78, 5) is 13.3. The van der Waals surface area contributed by atoms with Crippen LogP contribution >= 0.6 is 11.8 Å². The first-order chi connectivity index (χ1) is 7.74. The van der Waals surface area contributed by atoms with Gasteiger partial charge in [-0.2, -0.15) is 11.8 Å². The van der Waals surface area contributed by atoms with E-state index in [1.165, 1.54) is 12.2 Å². The van der Waals surface area contributed by atoms with Crippen LogP contribution in [-0.2, 0) is 0 Å². The molecule has 2 atom stereocenters. The third kappa shape index (κ3) is 1.57. The highest BCUT2D eigenvalue weighted by atomic mass is 32.2. The molecule has 84 valence electrons. The highest BCUT2D eigenvalue weighted by molar-refractivity contribution is 8.00. The van der Waals surface area contributed by atoms with E-state index < -0.39 is 5.97 Å². The standard InChI is InChI=1S/C12H13NO2S/c14-12(15)8-2-1-3-9(4-8)13-6-11-5-10(13)7-16-11/h1-4,10-11H,5-7H2,(H,14,15). The van der Waals surface area contributed by atoms with Crippen LogP contribution in [0.1, 0.15) is 16.8 Å². The SMILES string of the molecule is O=C(O)c1cccc(N2CC3CC2CS3)c1. The third-order valence-corrected chi connectivity index (χ3v) is 4.72. The summed E-state index contributed by atoms with van der Waals surface area (Å²) in [6.45, 7) is 1.07. The monoisotopic (exact) mass is 235 g/mol. The number of carbonyl (C=O) groups is 1.